The van der Waals surface area contributed by atoms with E-state index in [2.05, 4.69) is 0 Å². The third kappa shape index (κ3) is 2.95. The molecule has 1 amide bonds. The Bertz CT molecular complexity index is 485. The van der Waals surface area contributed by atoms with Crippen LogP contribution in [0.5, 0.6) is 5.75 Å². The molecule has 98 valence electrons. The van der Waals surface area contributed by atoms with E-state index in [9.17, 15) is 14.9 Å². The van der Waals surface area contributed by atoms with Crippen LogP contribution >= 0.6 is 0 Å². The van der Waals surface area contributed by atoms with Crippen LogP contribution in [0.4, 0.5) is 5.69 Å². The molecular weight excluding hydrogens is 238 g/mol. The number of hydrogen-bond donors (Lipinski definition) is 2. The Balaban J connectivity index is 2.96. The second-order valence-electron chi connectivity index (χ2n) is 4.25. The maximum absolute atomic E-state index is 11.0. The van der Waals surface area contributed by atoms with Crippen molar-refractivity contribution in [2.24, 2.45) is 11.5 Å². The molecule has 0 saturated heterocycles. The van der Waals surface area contributed by atoms with E-state index < -0.39 is 16.4 Å². The highest BCUT2D eigenvalue weighted by Gasteiger charge is 2.28. The summed E-state index contributed by atoms with van der Waals surface area (Å²) in [6.45, 7) is 2.77. The highest BCUT2D eigenvalue weighted by atomic mass is 16.6. The molecule has 0 heterocycles. The largest absolute Gasteiger partial charge is 0.484 e. The number of amides is 1. The minimum atomic E-state index is -1.38. The summed E-state index contributed by atoms with van der Waals surface area (Å²) in [7, 11) is 0. The summed E-state index contributed by atoms with van der Waals surface area (Å²) >= 11 is 0. The lowest BCUT2D eigenvalue weighted by Gasteiger charge is -2.20. The zero-order valence-electron chi connectivity index (χ0n) is 10.2. The summed E-state index contributed by atoms with van der Waals surface area (Å²) < 4.78 is 5.24. The summed E-state index contributed by atoms with van der Waals surface area (Å²) in [4.78, 5) is 21.4. The van der Waals surface area contributed by atoms with Crippen LogP contribution in [0.1, 0.15) is 12.5 Å². The SMILES string of the molecule is Cc1cccc(OCC(C)(N)C(N)=O)c1[N+](=O)[O-]. The van der Waals surface area contributed by atoms with Crippen molar-refractivity contribution in [1.29, 1.82) is 0 Å². The van der Waals surface area contributed by atoms with Gasteiger partial charge in [0.2, 0.25) is 5.91 Å². The number of para-hydroxylation sites is 1. The predicted molar refractivity (Wildman–Crippen MR) is 65.1 cm³/mol. The first-order chi connectivity index (χ1) is 8.25. The summed E-state index contributed by atoms with van der Waals surface area (Å²) in [5.74, 6) is -0.671. The number of nitro benzene ring substituents is 1. The van der Waals surface area contributed by atoms with E-state index in [0.29, 0.717) is 5.56 Å². The van der Waals surface area contributed by atoms with E-state index in [0.717, 1.165) is 0 Å². The molecule has 0 aromatic heterocycles. The van der Waals surface area contributed by atoms with Gasteiger partial charge < -0.3 is 16.2 Å². The molecule has 7 heteroatoms. The monoisotopic (exact) mass is 253 g/mol. The fraction of sp³-hybridized carbons (Fsp3) is 0.364. The molecule has 4 N–H and O–H groups in total. The van der Waals surface area contributed by atoms with Crippen molar-refractivity contribution in [3.63, 3.8) is 0 Å². The van der Waals surface area contributed by atoms with Crippen LogP contribution in [0.2, 0.25) is 0 Å². The van der Waals surface area contributed by atoms with Crippen molar-refractivity contribution in [1.82, 2.24) is 0 Å². The third-order valence-electron chi connectivity index (χ3n) is 2.47. The Kier molecular flexibility index (Phi) is 3.87. The number of nitro groups is 1. The fourth-order valence-corrected chi connectivity index (χ4v) is 1.28. The van der Waals surface area contributed by atoms with E-state index in [4.69, 9.17) is 16.2 Å². The molecule has 0 spiro atoms. The topological polar surface area (TPSA) is 121 Å². The minimum Gasteiger partial charge on any atom is -0.484 e. The lowest BCUT2D eigenvalue weighted by molar-refractivity contribution is -0.386. The third-order valence-corrected chi connectivity index (χ3v) is 2.47. The lowest BCUT2D eigenvalue weighted by Crippen LogP contribution is -2.53. The molecule has 1 atom stereocenters. The van der Waals surface area contributed by atoms with Gasteiger partial charge in [-0.25, -0.2) is 0 Å². The van der Waals surface area contributed by atoms with E-state index in [-0.39, 0.29) is 18.0 Å². The average molecular weight is 253 g/mol. The summed E-state index contributed by atoms with van der Waals surface area (Å²) in [6.07, 6.45) is 0. The number of hydrogen-bond acceptors (Lipinski definition) is 5. The van der Waals surface area contributed by atoms with Crippen molar-refractivity contribution in [2.45, 2.75) is 19.4 Å². The predicted octanol–water partition coefficient (Wildman–Crippen LogP) is 0.485. The molecule has 1 aromatic rings. The van der Waals surface area contributed by atoms with Gasteiger partial charge in [0.05, 0.1) is 4.92 Å². The van der Waals surface area contributed by atoms with Crippen molar-refractivity contribution in [3.8, 4) is 5.75 Å². The normalized spacial score (nSPS) is 13.7. The van der Waals surface area contributed by atoms with Crippen molar-refractivity contribution >= 4 is 11.6 Å². The number of rotatable bonds is 5. The van der Waals surface area contributed by atoms with Gasteiger partial charge in [0, 0.05) is 5.56 Å². The Morgan fingerprint density at radius 1 is 1.56 bits per heavy atom. The number of ether oxygens (including phenoxy) is 1. The molecule has 1 aromatic carbocycles. The quantitative estimate of drug-likeness (QED) is 0.584. The van der Waals surface area contributed by atoms with Gasteiger partial charge in [-0.3, -0.25) is 14.9 Å². The fourth-order valence-electron chi connectivity index (χ4n) is 1.28. The Hall–Kier alpha value is -2.15. The molecule has 0 bridgehead atoms. The maximum atomic E-state index is 11.0. The maximum Gasteiger partial charge on any atom is 0.313 e. The Labute approximate surface area is 104 Å². The number of aryl methyl sites for hydroxylation is 1. The van der Waals surface area contributed by atoms with Crippen LogP contribution in [0.25, 0.3) is 0 Å². The number of benzene rings is 1. The number of nitrogens with two attached hydrogens (primary N) is 2. The van der Waals surface area contributed by atoms with Gasteiger partial charge in [-0.15, -0.1) is 0 Å². The number of carbonyl (C=O) groups is 1. The zero-order valence-corrected chi connectivity index (χ0v) is 10.2. The van der Waals surface area contributed by atoms with Crippen LogP contribution in [0, 0.1) is 17.0 Å². The van der Waals surface area contributed by atoms with Crippen LogP contribution in [-0.2, 0) is 4.79 Å². The highest BCUT2D eigenvalue weighted by molar-refractivity contribution is 5.84. The van der Waals surface area contributed by atoms with Gasteiger partial charge >= 0.3 is 5.69 Å². The number of nitrogens with zero attached hydrogens (tertiary/aromatic N) is 1. The number of carbonyl (C=O) groups excluding carboxylic acids is 1. The van der Waals surface area contributed by atoms with Gasteiger partial charge in [-0.05, 0) is 19.9 Å². The van der Waals surface area contributed by atoms with Crippen LogP contribution in [-0.4, -0.2) is 23.0 Å². The molecule has 7 nitrogen and oxygen atoms in total. The second kappa shape index (κ2) is 5.01. The molecule has 1 unspecified atom stereocenters. The minimum absolute atomic E-state index is 0.0675. The molecule has 0 aliphatic rings. The number of primary amides is 1. The summed E-state index contributed by atoms with van der Waals surface area (Å²) in [5, 5.41) is 10.9. The average Bonchev–Trinajstić information content (AvgIpc) is 2.25. The first kappa shape index (κ1) is 13.9. The first-order valence-electron chi connectivity index (χ1n) is 5.21. The second-order valence-corrected chi connectivity index (χ2v) is 4.25. The van der Waals surface area contributed by atoms with Gasteiger partial charge in [-0.1, -0.05) is 12.1 Å². The molecule has 18 heavy (non-hydrogen) atoms. The van der Waals surface area contributed by atoms with Gasteiger partial charge in [-0.2, -0.15) is 0 Å². The van der Waals surface area contributed by atoms with E-state index in [1.807, 2.05) is 0 Å². The Morgan fingerprint density at radius 2 is 2.17 bits per heavy atom. The lowest BCUT2D eigenvalue weighted by atomic mass is 10.1. The van der Waals surface area contributed by atoms with Gasteiger partial charge in [0.15, 0.2) is 5.75 Å². The van der Waals surface area contributed by atoms with Crippen molar-refractivity contribution in [2.75, 3.05) is 6.61 Å². The molecule has 1 rings (SSSR count). The smallest absolute Gasteiger partial charge is 0.313 e. The van der Waals surface area contributed by atoms with Gasteiger partial charge in [0.25, 0.3) is 0 Å². The van der Waals surface area contributed by atoms with Crippen LogP contribution < -0.4 is 16.2 Å². The first-order valence-corrected chi connectivity index (χ1v) is 5.21. The van der Waals surface area contributed by atoms with Crippen LogP contribution in [0.3, 0.4) is 0 Å². The van der Waals surface area contributed by atoms with Crippen molar-refractivity contribution < 1.29 is 14.5 Å². The zero-order chi connectivity index (χ0) is 13.9. The van der Waals surface area contributed by atoms with Crippen LogP contribution in [0.15, 0.2) is 18.2 Å². The van der Waals surface area contributed by atoms with Crippen molar-refractivity contribution in [3.05, 3.63) is 33.9 Å². The summed E-state index contributed by atoms with van der Waals surface area (Å²) in [6, 6.07) is 4.67. The van der Waals surface area contributed by atoms with E-state index in [1.165, 1.54) is 13.0 Å². The highest BCUT2D eigenvalue weighted by Crippen LogP contribution is 2.30. The summed E-state index contributed by atoms with van der Waals surface area (Å²) in [5.41, 5.74) is 9.64. The molecular formula is C11H15N3O4. The standard InChI is InChI=1S/C11H15N3O4/c1-7-4-3-5-8(9(7)14(16)17)18-6-11(2,13)10(12)15/h3-5H,6,13H2,1-2H3,(H2,12,15). The molecule has 0 radical (unpaired) electrons. The molecule has 0 aliphatic carbocycles. The molecule has 0 fully saturated rings. The van der Waals surface area contributed by atoms with Gasteiger partial charge in [0.1, 0.15) is 12.1 Å². The Morgan fingerprint density at radius 3 is 2.67 bits per heavy atom. The van der Waals surface area contributed by atoms with E-state index >= 15 is 0 Å². The van der Waals surface area contributed by atoms with E-state index in [1.54, 1.807) is 19.1 Å². The molecule has 0 aliphatic heterocycles. The molecule has 0 saturated carbocycles.